The zero-order chi connectivity index (χ0) is 5.11. The fraction of sp³-hybridized carbons (Fsp3) is 0. The van der Waals surface area contributed by atoms with Crippen molar-refractivity contribution in [3.8, 4) is 5.88 Å². The van der Waals surface area contributed by atoms with Gasteiger partial charge in [0.05, 0.1) is 0 Å². The molecule has 0 aliphatic heterocycles. The van der Waals surface area contributed by atoms with Gasteiger partial charge in [0.2, 0.25) is 5.88 Å². The van der Waals surface area contributed by atoms with Crippen LogP contribution in [0.25, 0.3) is 0 Å². The molecule has 0 atom stereocenters. The number of pyridine rings is 1. The Bertz CT molecular complexity index is 142. The maximum absolute atomic E-state index is 8.52. The number of hydrogen-bond acceptors (Lipinski definition) is 2. The van der Waals surface area contributed by atoms with Crippen LogP contribution in [0, 0.1) is 0 Å². The van der Waals surface area contributed by atoms with Crippen molar-refractivity contribution >= 4 is 37.7 Å². The second kappa shape index (κ2) is 4.12. The van der Waals surface area contributed by atoms with Crippen molar-refractivity contribution in [1.82, 2.24) is 4.98 Å². The van der Waals surface area contributed by atoms with Crippen molar-refractivity contribution in [3.05, 3.63) is 24.4 Å². The van der Waals surface area contributed by atoms with Gasteiger partial charge in [0.1, 0.15) is 0 Å². The van der Waals surface area contributed by atoms with Crippen LogP contribution in [-0.2, 0) is 0 Å². The van der Waals surface area contributed by atoms with Crippen LogP contribution < -0.4 is 0 Å². The van der Waals surface area contributed by atoms with E-state index in [9.17, 15) is 0 Å². The van der Waals surface area contributed by atoms with E-state index in [1.807, 2.05) is 0 Å². The van der Waals surface area contributed by atoms with E-state index in [1.165, 1.54) is 12.3 Å². The molecular formula is C5H7CaNO. The predicted molar refractivity (Wildman–Crippen MR) is 34.4 cm³/mol. The van der Waals surface area contributed by atoms with Crippen LogP contribution in [0.1, 0.15) is 0 Å². The Morgan fingerprint density at radius 2 is 2.12 bits per heavy atom. The van der Waals surface area contributed by atoms with E-state index in [1.54, 1.807) is 12.1 Å². The van der Waals surface area contributed by atoms with Crippen molar-refractivity contribution < 1.29 is 5.11 Å². The van der Waals surface area contributed by atoms with Crippen LogP contribution in [0.4, 0.5) is 0 Å². The molecule has 1 heterocycles. The minimum absolute atomic E-state index is 0. The van der Waals surface area contributed by atoms with Crippen molar-refractivity contribution in [2.45, 2.75) is 0 Å². The summed E-state index contributed by atoms with van der Waals surface area (Å²) in [4.78, 5) is 3.53. The first-order valence-corrected chi connectivity index (χ1v) is 1.99. The van der Waals surface area contributed by atoms with Crippen molar-refractivity contribution in [2.75, 3.05) is 0 Å². The number of aromatic hydroxyl groups is 1. The van der Waals surface area contributed by atoms with E-state index in [4.69, 9.17) is 5.11 Å². The standard InChI is InChI=1S/C5H5NO.Ca.2H/c7-5-3-1-2-4-6-5;;;/h1-4H,(H,6,7);;;. The molecule has 40 valence electrons. The maximum atomic E-state index is 8.52. The van der Waals surface area contributed by atoms with Crippen molar-refractivity contribution in [1.29, 1.82) is 0 Å². The first-order valence-electron chi connectivity index (χ1n) is 1.99. The first-order chi connectivity index (χ1) is 3.39. The van der Waals surface area contributed by atoms with E-state index in [2.05, 4.69) is 4.98 Å². The second-order valence-electron chi connectivity index (χ2n) is 1.19. The van der Waals surface area contributed by atoms with Gasteiger partial charge in [0.25, 0.3) is 0 Å². The van der Waals surface area contributed by atoms with Gasteiger partial charge >= 0.3 is 37.7 Å². The van der Waals surface area contributed by atoms with Gasteiger partial charge in [0.15, 0.2) is 0 Å². The molecule has 0 unspecified atom stereocenters. The SMILES string of the molecule is Oc1ccccn1.[CaH2]. The van der Waals surface area contributed by atoms with Crippen LogP contribution in [0.15, 0.2) is 24.4 Å². The summed E-state index contributed by atoms with van der Waals surface area (Å²) in [7, 11) is 0. The first kappa shape index (κ1) is 8.21. The summed E-state index contributed by atoms with van der Waals surface area (Å²) in [6.07, 6.45) is 1.54. The van der Waals surface area contributed by atoms with Crippen molar-refractivity contribution in [2.24, 2.45) is 0 Å². The molecule has 3 heteroatoms. The summed E-state index contributed by atoms with van der Waals surface area (Å²) in [5, 5.41) is 8.52. The number of nitrogens with zero attached hydrogens (tertiary/aromatic N) is 1. The summed E-state index contributed by atoms with van der Waals surface area (Å²) in [6.45, 7) is 0. The molecule has 0 fully saturated rings. The summed E-state index contributed by atoms with van der Waals surface area (Å²) >= 11 is 0. The predicted octanol–water partition coefficient (Wildman–Crippen LogP) is -0.129. The number of rotatable bonds is 0. The molecule has 1 aromatic heterocycles. The molecule has 2 nitrogen and oxygen atoms in total. The van der Waals surface area contributed by atoms with Crippen LogP contribution in [0.3, 0.4) is 0 Å². The molecule has 1 aromatic rings. The van der Waals surface area contributed by atoms with Crippen LogP contribution in [0.2, 0.25) is 0 Å². The fourth-order valence-corrected chi connectivity index (χ4v) is 0.354. The Labute approximate surface area is 77.6 Å². The normalized spacial score (nSPS) is 7.50. The van der Waals surface area contributed by atoms with Gasteiger partial charge in [-0.2, -0.15) is 0 Å². The Hall–Kier alpha value is 0.210. The van der Waals surface area contributed by atoms with Gasteiger partial charge in [-0.25, -0.2) is 4.98 Å². The molecule has 0 bridgehead atoms. The third-order valence-corrected chi connectivity index (χ3v) is 0.649. The molecule has 0 saturated carbocycles. The molecule has 1 N–H and O–H groups in total. The van der Waals surface area contributed by atoms with Crippen LogP contribution in [-0.4, -0.2) is 47.8 Å². The third-order valence-electron chi connectivity index (χ3n) is 0.649. The Balaban J connectivity index is 0.000000490. The summed E-state index contributed by atoms with van der Waals surface area (Å²) in [6, 6.07) is 5.00. The average molecular weight is 137 g/mol. The molecule has 0 radical (unpaired) electrons. The quantitative estimate of drug-likeness (QED) is 0.505. The molecule has 8 heavy (non-hydrogen) atoms. The van der Waals surface area contributed by atoms with E-state index >= 15 is 0 Å². The molecule has 0 saturated heterocycles. The Morgan fingerprint density at radius 1 is 1.38 bits per heavy atom. The van der Waals surface area contributed by atoms with Gasteiger partial charge < -0.3 is 5.11 Å². The van der Waals surface area contributed by atoms with Gasteiger partial charge in [-0.05, 0) is 6.07 Å². The molecular weight excluding hydrogens is 130 g/mol. The third kappa shape index (κ3) is 2.50. The molecule has 1 rings (SSSR count). The van der Waals surface area contributed by atoms with Gasteiger partial charge in [-0.15, -0.1) is 0 Å². The number of hydrogen-bond donors (Lipinski definition) is 1. The Morgan fingerprint density at radius 3 is 2.38 bits per heavy atom. The monoisotopic (exact) mass is 137 g/mol. The molecule has 0 aromatic carbocycles. The fourth-order valence-electron chi connectivity index (χ4n) is 0.354. The molecule has 0 amide bonds. The summed E-state index contributed by atoms with van der Waals surface area (Å²) < 4.78 is 0. The van der Waals surface area contributed by atoms with E-state index in [-0.39, 0.29) is 43.6 Å². The summed E-state index contributed by atoms with van der Waals surface area (Å²) in [5.41, 5.74) is 0. The van der Waals surface area contributed by atoms with E-state index in [0.717, 1.165) is 0 Å². The Kier molecular flexibility index (Phi) is 4.23. The molecule has 0 spiro atoms. The van der Waals surface area contributed by atoms with E-state index in [0.29, 0.717) is 0 Å². The van der Waals surface area contributed by atoms with E-state index < -0.39 is 0 Å². The minimum atomic E-state index is 0. The van der Waals surface area contributed by atoms with Crippen LogP contribution >= 0.6 is 0 Å². The topological polar surface area (TPSA) is 33.1 Å². The average Bonchev–Trinajstić information content (AvgIpc) is 1.69. The van der Waals surface area contributed by atoms with Gasteiger partial charge in [0, 0.05) is 12.3 Å². The van der Waals surface area contributed by atoms with Crippen LogP contribution in [0.5, 0.6) is 5.88 Å². The molecule has 0 aliphatic carbocycles. The molecule has 0 aliphatic rings. The summed E-state index contributed by atoms with van der Waals surface area (Å²) in [5.74, 6) is 0.0718. The zero-order valence-corrected chi connectivity index (χ0v) is 3.70. The van der Waals surface area contributed by atoms with Gasteiger partial charge in [-0.1, -0.05) is 6.07 Å². The van der Waals surface area contributed by atoms with Gasteiger partial charge in [-0.3, -0.25) is 0 Å². The number of aromatic nitrogens is 1. The van der Waals surface area contributed by atoms with Crippen molar-refractivity contribution in [3.63, 3.8) is 0 Å². The zero-order valence-electron chi connectivity index (χ0n) is 3.70. The second-order valence-corrected chi connectivity index (χ2v) is 1.19.